The van der Waals surface area contributed by atoms with Crippen molar-refractivity contribution in [1.29, 1.82) is 0 Å². The van der Waals surface area contributed by atoms with Crippen molar-refractivity contribution >= 4 is 19.0 Å². The predicted molar refractivity (Wildman–Crippen MR) is 107 cm³/mol. The van der Waals surface area contributed by atoms with Crippen LogP contribution in [0.5, 0.6) is 0 Å². The quantitative estimate of drug-likeness (QED) is 0.300. The molecule has 5 nitrogen and oxygen atoms in total. The van der Waals surface area contributed by atoms with E-state index in [-0.39, 0.29) is 11.8 Å². The van der Waals surface area contributed by atoms with E-state index in [4.69, 9.17) is 18.9 Å². The third-order valence-electron chi connectivity index (χ3n) is 4.43. The van der Waals surface area contributed by atoms with Gasteiger partial charge in [0.1, 0.15) is 30.9 Å². The summed E-state index contributed by atoms with van der Waals surface area (Å²) in [7, 11) is 1.24. The van der Waals surface area contributed by atoms with Gasteiger partial charge in [0, 0.05) is 37.8 Å². The highest BCUT2D eigenvalue weighted by Gasteiger charge is 2.27. The first-order chi connectivity index (χ1) is 11.6. The summed E-state index contributed by atoms with van der Waals surface area (Å²) in [5.41, 5.74) is 1.18. The van der Waals surface area contributed by atoms with Crippen LogP contribution < -0.4 is 0 Å². The van der Waals surface area contributed by atoms with Crippen molar-refractivity contribution in [3.8, 4) is 0 Å². The summed E-state index contributed by atoms with van der Waals surface area (Å²) in [6, 6.07) is 0. The van der Waals surface area contributed by atoms with Crippen molar-refractivity contribution < 1.29 is 18.9 Å². The maximum absolute atomic E-state index is 5.81. The van der Waals surface area contributed by atoms with Gasteiger partial charge in [0.2, 0.25) is 0 Å². The predicted octanol–water partition coefficient (Wildman–Crippen LogP) is 1.44. The Labute approximate surface area is 154 Å². The van der Waals surface area contributed by atoms with Gasteiger partial charge in [0.25, 0.3) is 0 Å². The normalized spacial score (nSPS) is 15.8. The topological polar surface area (TPSA) is 40.2 Å². The highest BCUT2D eigenvalue weighted by Crippen LogP contribution is 2.13. The van der Waals surface area contributed by atoms with Crippen molar-refractivity contribution in [2.75, 3.05) is 33.5 Å². The standard InChI is InChI=1S/C17H41NO4Si2/c1-8-14(23-16(19-10-3)20-11-4)18(7)15(9-2)24-17(21-12-5)22-13-6/h14-17H,8-13,23-24H2,1-7H3. The Balaban J connectivity index is 4.80. The molecule has 0 aliphatic carbocycles. The lowest BCUT2D eigenvalue weighted by molar-refractivity contribution is -0.0860. The summed E-state index contributed by atoms with van der Waals surface area (Å²) < 4.78 is 23.2. The van der Waals surface area contributed by atoms with Crippen molar-refractivity contribution in [2.45, 2.75) is 77.5 Å². The van der Waals surface area contributed by atoms with Gasteiger partial charge in [0.05, 0.1) is 0 Å². The van der Waals surface area contributed by atoms with E-state index >= 15 is 0 Å². The van der Waals surface area contributed by atoms with Gasteiger partial charge in [-0.05, 0) is 47.6 Å². The van der Waals surface area contributed by atoms with Gasteiger partial charge in [-0.15, -0.1) is 0 Å². The average molecular weight is 380 g/mol. The molecule has 0 heterocycles. The molecule has 0 bridgehead atoms. The summed E-state index contributed by atoms with van der Waals surface area (Å²) in [5, 5.41) is 0. The first-order valence-electron chi connectivity index (χ1n) is 9.75. The minimum atomic E-state index is -0.517. The number of rotatable bonds is 16. The van der Waals surface area contributed by atoms with Crippen LogP contribution in [0, 0.1) is 0 Å². The monoisotopic (exact) mass is 379 g/mol. The zero-order valence-corrected chi connectivity index (χ0v) is 19.9. The molecule has 0 aliphatic heterocycles. The first-order valence-corrected chi connectivity index (χ1v) is 13.0. The van der Waals surface area contributed by atoms with Crippen LogP contribution in [0.3, 0.4) is 0 Å². The zero-order valence-electron chi connectivity index (χ0n) is 17.0. The molecular formula is C17H41NO4Si2. The molecule has 0 N–H and O–H groups in total. The molecule has 146 valence electrons. The molecule has 24 heavy (non-hydrogen) atoms. The second kappa shape index (κ2) is 15.5. The zero-order chi connectivity index (χ0) is 18.4. The van der Waals surface area contributed by atoms with Crippen molar-refractivity contribution in [1.82, 2.24) is 4.90 Å². The molecule has 0 radical (unpaired) electrons. The molecule has 2 unspecified atom stereocenters. The van der Waals surface area contributed by atoms with E-state index in [9.17, 15) is 0 Å². The maximum atomic E-state index is 5.81. The highest BCUT2D eigenvalue weighted by atomic mass is 28.2. The van der Waals surface area contributed by atoms with Crippen molar-refractivity contribution in [3.05, 3.63) is 0 Å². The summed E-state index contributed by atoms with van der Waals surface area (Å²) >= 11 is 0. The molecule has 7 heteroatoms. The van der Waals surface area contributed by atoms with Crippen LogP contribution >= 0.6 is 0 Å². The lowest BCUT2D eigenvalue weighted by atomic mass is 10.4. The van der Waals surface area contributed by atoms with E-state index < -0.39 is 19.0 Å². The van der Waals surface area contributed by atoms with Crippen LogP contribution in [0.2, 0.25) is 0 Å². The molecule has 0 spiro atoms. The van der Waals surface area contributed by atoms with Crippen LogP contribution in [0.4, 0.5) is 0 Å². The lowest BCUT2D eigenvalue weighted by Crippen LogP contribution is -2.51. The molecule has 0 amide bonds. The molecule has 0 aromatic rings. The van der Waals surface area contributed by atoms with Crippen molar-refractivity contribution in [2.24, 2.45) is 0 Å². The Bertz CT molecular complexity index is 249. The third kappa shape index (κ3) is 9.65. The third-order valence-corrected chi connectivity index (χ3v) is 9.54. The van der Waals surface area contributed by atoms with Crippen LogP contribution in [-0.4, -0.2) is 80.6 Å². The lowest BCUT2D eigenvalue weighted by Gasteiger charge is -2.37. The van der Waals surface area contributed by atoms with Gasteiger partial charge < -0.3 is 23.8 Å². The van der Waals surface area contributed by atoms with E-state index in [1.807, 2.05) is 27.7 Å². The minimum Gasteiger partial charge on any atom is -0.357 e. The maximum Gasteiger partial charge on any atom is 0.136 e. The van der Waals surface area contributed by atoms with Gasteiger partial charge in [-0.2, -0.15) is 0 Å². The van der Waals surface area contributed by atoms with E-state index in [1.165, 1.54) is 0 Å². The summed E-state index contributed by atoms with van der Waals surface area (Å²) in [6.07, 6.45) is 2.30. The van der Waals surface area contributed by atoms with Crippen LogP contribution in [-0.2, 0) is 18.9 Å². The summed E-state index contributed by atoms with van der Waals surface area (Å²) in [5.74, 6) is 0.0577. The highest BCUT2D eigenvalue weighted by molar-refractivity contribution is 6.41. The van der Waals surface area contributed by atoms with Gasteiger partial charge >= 0.3 is 0 Å². The van der Waals surface area contributed by atoms with Gasteiger partial charge in [0.15, 0.2) is 0 Å². The van der Waals surface area contributed by atoms with Gasteiger partial charge in [-0.3, -0.25) is 0 Å². The Morgan fingerprint density at radius 2 is 0.917 bits per heavy atom. The summed E-state index contributed by atoms with van der Waals surface area (Å²) in [4.78, 5) is 2.58. The Kier molecular flexibility index (Phi) is 15.6. The summed E-state index contributed by atoms with van der Waals surface area (Å²) in [6.45, 7) is 15.6. The minimum absolute atomic E-state index is 0.0288. The van der Waals surface area contributed by atoms with Gasteiger partial charge in [-0.25, -0.2) is 0 Å². The fourth-order valence-corrected chi connectivity index (χ4v) is 7.70. The average Bonchev–Trinajstić information content (AvgIpc) is 2.57. The fraction of sp³-hybridized carbons (Fsp3) is 1.00. The second-order valence-electron chi connectivity index (χ2n) is 5.94. The number of ether oxygens (including phenoxy) is 4. The van der Waals surface area contributed by atoms with Crippen LogP contribution in [0.25, 0.3) is 0 Å². The molecule has 2 atom stereocenters. The molecular weight excluding hydrogens is 338 g/mol. The number of hydrogen-bond acceptors (Lipinski definition) is 5. The molecule has 0 aromatic heterocycles. The second-order valence-corrected chi connectivity index (χ2v) is 10.1. The Morgan fingerprint density at radius 3 is 1.12 bits per heavy atom. The Morgan fingerprint density at radius 1 is 0.625 bits per heavy atom. The van der Waals surface area contributed by atoms with Crippen LogP contribution in [0.15, 0.2) is 0 Å². The molecule has 0 aliphatic rings. The first kappa shape index (κ1) is 24.2. The van der Waals surface area contributed by atoms with Crippen LogP contribution in [0.1, 0.15) is 54.4 Å². The molecule has 0 fully saturated rings. The smallest absolute Gasteiger partial charge is 0.136 e. The van der Waals surface area contributed by atoms with Crippen molar-refractivity contribution in [3.63, 3.8) is 0 Å². The van der Waals surface area contributed by atoms with E-state index in [2.05, 4.69) is 25.8 Å². The van der Waals surface area contributed by atoms with E-state index in [0.29, 0.717) is 11.3 Å². The number of nitrogens with zero attached hydrogens (tertiary/aromatic N) is 1. The number of hydrogen-bond donors (Lipinski definition) is 0. The van der Waals surface area contributed by atoms with E-state index in [1.54, 1.807) is 0 Å². The SMILES string of the molecule is CCOC(OCC)[SiH2]C(CC)N(C)C(CC)[SiH2]C(OCC)OCC. The molecule has 0 rings (SSSR count). The Hall–Kier alpha value is 0.234. The molecule has 0 aromatic carbocycles. The molecule has 0 saturated carbocycles. The fourth-order valence-electron chi connectivity index (χ4n) is 3.10. The largest absolute Gasteiger partial charge is 0.357 e. The van der Waals surface area contributed by atoms with E-state index in [0.717, 1.165) is 39.3 Å². The molecule has 0 saturated heterocycles. The van der Waals surface area contributed by atoms with Gasteiger partial charge in [-0.1, -0.05) is 13.8 Å².